The molecular formula is C34H30N2O5. The van der Waals surface area contributed by atoms with Gasteiger partial charge in [0.05, 0.1) is 11.6 Å². The quantitative estimate of drug-likeness (QED) is 0.111. The van der Waals surface area contributed by atoms with E-state index >= 15 is 0 Å². The third kappa shape index (κ3) is 6.20. The molecule has 0 spiro atoms. The second kappa shape index (κ2) is 12.3. The van der Waals surface area contributed by atoms with Crippen LogP contribution in [0.25, 0.3) is 5.76 Å². The van der Waals surface area contributed by atoms with Gasteiger partial charge in [-0.05, 0) is 66.1 Å². The van der Waals surface area contributed by atoms with Gasteiger partial charge in [0.25, 0.3) is 11.7 Å². The molecule has 1 saturated heterocycles. The number of aliphatic hydroxyl groups is 1. The van der Waals surface area contributed by atoms with Gasteiger partial charge in [-0.1, -0.05) is 60.7 Å². The number of ketones is 1. The zero-order valence-corrected chi connectivity index (χ0v) is 22.7. The molecule has 0 aliphatic carbocycles. The van der Waals surface area contributed by atoms with Crippen molar-refractivity contribution < 1.29 is 24.2 Å². The summed E-state index contributed by atoms with van der Waals surface area (Å²) >= 11 is 0. The molecule has 4 aromatic rings. The molecule has 1 aromatic heterocycles. The van der Waals surface area contributed by atoms with Gasteiger partial charge in [0, 0.05) is 24.5 Å². The van der Waals surface area contributed by atoms with E-state index < -0.39 is 17.7 Å². The van der Waals surface area contributed by atoms with Gasteiger partial charge in [0.15, 0.2) is 0 Å². The molecule has 206 valence electrons. The number of carbonyl (C=O) groups is 2. The number of rotatable bonds is 10. The van der Waals surface area contributed by atoms with Crippen LogP contribution in [0.1, 0.15) is 33.9 Å². The molecule has 1 aliphatic heterocycles. The number of nitrogens with zero attached hydrogens (tertiary/aromatic N) is 2. The maximum atomic E-state index is 13.4. The van der Waals surface area contributed by atoms with Crippen molar-refractivity contribution >= 4 is 17.4 Å². The minimum Gasteiger partial charge on any atom is -0.507 e. The molecule has 2 heterocycles. The Bertz CT molecular complexity index is 1580. The van der Waals surface area contributed by atoms with Gasteiger partial charge in [0.2, 0.25) is 0 Å². The van der Waals surface area contributed by atoms with Gasteiger partial charge in [-0.25, -0.2) is 0 Å². The predicted molar refractivity (Wildman–Crippen MR) is 156 cm³/mol. The van der Waals surface area contributed by atoms with Gasteiger partial charge in [-0.15, -0.1) is 0 Å². The van der Waals surface area contributed by atoms with Gasteiger partial charge in [-0.3, -0.25) is 14.6 Å². The Morgan fingerprint density at radius 2 is 1.66 bits per heavy atom. The predicted octanol–water partition coefficient (Wildman–Crippen LogP) is 6.16. The summed E-state index contributed by atoms with van der Waals surface area (Å²) < 4.78 is 11.5. The molecule has 0 saturated carbocycles. The van der Waals surface area contributed by atoms with E-state index in [1.165, 1.54) is 4.90 Å². The monoisotopic (exact) mass is 546 g/mol. The first kappa shape index (κ1) is 27.4. The molecule has 0 radical (unpaired) electrons. The van der Waals surface area contributed by atoms with E-state index in [9.17, 15) is 14.7 Å². The van der Waals surface area contributed by atoms with E-state index in [0.717, 1.165) is 16.7 Å². The summed E-state index contributed by atoms with van der Waals surface area (Å²) in [4.78, 5) is 32.3. The molecular weight excluding hydrogens is 516 g/mol. The average molecular weight is 547 g/mol. The van der Waals surface area contributed by atoms with Crippen molar-refractivity contribution in [3.63, 3.8) is 0 Å². The Kier molecular flexibility index (Phi) is 8.25. The van der Waals surface area contributed by atoms with Crippen LogP contribution < -0.4 is 9.47 Å². The van der Waals surface area contributed by atoms with Crippen LogP contribution in [0, 0.1) is 6.92 Å². The number of aryl methyl sites for hydroxylation is 1. The molecule has 1 aliphatic rings. The zero-order chi connectivity index (χ0) is 28.8. The molecule has 0 bridgehead atoms. The fourth-order valence-electron chi connectivity index (χ4n) is 4.81. The Hall–Kier alpha value is -5.17. The molecule has 1 amide bonds. The van der Waals surface area contributed by atoms with Crippen molar-refractivity contribution in [2.75, 3.05) is 6.61 Å². The van der Waals surface area contributed by atoms with Gasteiger partial charge in [-0.2, -0.15) is 0 Å². The molecule has 1 atom stereocenters. The van der Waals surface area contributed by atoms with Crippen molar-refractivity contribution in [3.05, 3.63) is 143 Å². The minimum absolute atomic E-state index is 0.0204. The van der Waals surface area contributed by atoms with Gasteiger partial charge < -0.3 is 19.5 Å². The van der Waals surface area contributed by atoms with E-state index in [0.29, 0.717) is 35.8 Å². The Morgan fingerprint density at radius 1 is 0.951 bits per heavy atom. The summed E-state index contributed by atoms with van der Waals surface area (Å²) in [5, 5.41) is 11.4. The van der Waals surface area contributed by atoms with E-state index in [-0.39, 0.29) is 17.9 Å². The summed E-state index contributed by atoms with van der Waals surface area (Å²) in [5.41, 5.74) is 4.06. The highest BCUT2D eigenvalue weighted by Crippen LogP contribution is 2.40. The van der Waals surface area contributed by atoms with E-state index in [1.54, 1.807) is 73.1 Å². The van der Waals surface area contributed by atoms with Crippen molar-refractivity contribution in [1.29, 1.82) is 0 Å². The van der Waals surface area contributed by atoms with Crippen molar-refractivity contribution in [2.45, 2.75) is 26.1 Å². The summed E-state index contributed by atoms with van der Waals surface area (Å²) in [5.74, 6) is -0.446. The summed E-state index contributed by atoms with van der Waals surface area (Å²) in [7, 11) is 0. The number of amides is 1. The molecule has 7 nitrogen and oxygen atoms in total. The highest BCUT2D eigenvalue weighted by molar-refractivity contribution is 6.46. The van der Waals surface area contributed by atoms with Crippen LogP contribution in [-0.2, 0) is 22.7 Å². The van der Waals surface area contributed by atoms with Crippen molar-refractivity contribution in [1.82, 2.24) is 9.88 Å². The topological polar surface area (TPSA) is 89.0 Å². The first-order valence-corrected chi connectivity index (χ1v) is 13.2. The third-order valence-corrected chi connectivity index (χ3v) is 6.80. The van der Waals surface area contributed by atoms with Crippen molar-refractivity contribution in [2.24, 2.45) is 0 Å². The number of pyridine rings is 1. The molecule has 7 heteroatoms. The third-order valence-electron chi connectivity index (χ3n) is 6.80. The largest absolute Gasteiger partial charge is 0.507 e. The number of ether oxygens (including phenoxy) is 2. The van der Waals surface area contributed by atoms with Crippen LogP contribution in [0.15, 0.2) is 116 Å². The van der Waals surface area contributed by atoms with Crippen molar-refractivity contribution in [3.8, 4) is 11.5 Å². The second-order valence-corrected chi connectivity index (χ2v) is 9.76. The van der Waals surface area contributed by atoms with E-state index in [2.05, 4.69) is 17.6 Å². The lowest BCUT2D eigenvalue weighted by Gasteiger charge is -2.25. The first-order chi connectivity index (χ1) is 19.9. The number of hydrogen-bond acceptors (Lipinski definition) is 6. The summed E-state index contributed by atoms with van der Waals surface area (Å²) in [6, 6.07) is 24.8. The normalized spacial score (nSPS) is 16.0. The number of aromatic nitrogens is 1. The van der Waals surface area contributed by atoms with Crippen LogP contribution in [0.5, 0.6) is 11.5 Å². The standard InChI is InChI=1S/C34H30N2O5/c1-3-18-40-28-13-9-26(10-14-28)31-30(33(38)34(39)36(31)21-25-8-5-17-35-20-25)32(37)27-11-15-29(16-12-27)41-22-24-7-4-6-23(2)19-24/h3-17,19-20,31,37H,1,18,21-22H2,2H3. The summed E-state index contributed by atoms with van der Waals surface area (Å²) in [6.45, 7) is 6.59. The maximum Gasteiger partial charge on any atom is 0.295 e. The number of aliphatic hydroxyl groups excluding tert-OH is 1. The zero-order valence-electron chi connectivity index (χ0n) is 22.7. The molecule has 1 unspecified atom stereocenters. The molecule has 1 N–H and O–H groups in total. The van der Waals surface area contributed by atoms with Crippen LogP contribution in [0.4, 0.5) is 0 Å². The Balaban J connectivity index is 1.46. The van der Waals surface area contributed by atoms with Crippen LogP contribution in [0.2, 0.25) is 0 Å². The van der Waals surface area contributed by atoms with Gasteiger partial charge in [0.1, 0.15) is 30.5 Å². The smallest absolute Gasteiger partial charge is 0.295 e. The highest BCUT2D eigenvalue weighted by atomic mass is 16.5. The lowest BCUT2D eigenvalue weighted by Crippen LogP contribution is -2.29. The lowest BCUT2D eigenvalue weighted by atomic mass is 9.95. The molecule has 5 rings (SSSR count). The van der Waals surface area contributed by atoms with Crippen LogP contribution in [0.3, 0.4) is 0 Å². The van der Waals surface area contributed by atoms with E-state index in [4.69, 9.17) is 9.47 Å². The second-order valence-electron chi connectivity index (χ2n) is 9.76. The Labute approximate surface area is 239 Å². The molecule has 3 aromatic carbocycles. The number of hydrogen-bond donors (Lipinski definition) is 1. The average Bonchev–Trinajstić information content (AvgIpc) is 3.24. The Morgan fingerprint density at radius 3 is 2.34 bits per heavy atom. The van der Waals surface area contributed by atoms with Crippen LogP contribution in [-0.4, -0.2) is 33.3 Å². The number of benzene rings is 3. The lowest BCUT2D eigenvalue weighted by molar-refractivity contribution is -0.140. The van der Waals surface area contributed by atoms with Crippen LogP contribution >= 0.6 is 0 Å². The fraction of sp³-hybridized carbons (Fsp3) is 0.147. The number of likely N-dealkylation sites (tertiary alicyclic amines) is 1. The SMILES string of the molecule is C=CCOc1ccc(C2C(=C(O)c3ccc(OCc4cccc(C)c4)cc3)C(=O)C(=O)N2Cc2cccnc2)cc1. The molecule has 1 fully saturated rings. The van der Waals surface area contributed by atoms with E-state index in [1.807, 2.05) is 31.2 Å². The number of carbonyl (C=O) groups excluding carboxylic acids is 2. The maximum absolute atomic E-state index is 13.4. The van der Waals surface area contributed by atoms with Gasteiger partial charge >= 0.3 is 0 Å². The highest BCUT2D eigenvalue weighted by Gasteiger charge is 2.46. The minimum atomic E-state index is -0.805. The molecule has 41 heavy (non-hydrogen) atoms. The number of Topliss-reactive ketones (excluding diaryl/α,β-unsaturated/α-hetero) is 1. The first-order valence-electron chi connectivity index (χ1n) is 13.2. The summed E-state index contributed by atoms with van der Waals surface area (Å²) in [6.07, 6.45) is 4.94. The fourth-order valence-corrected chi connectivity index (χ4v) is 4.81.